The molecule has 3 aromatic rings. The fraction of sp³-hybridized carbons (Fsp3) is 0.188. The number of amides is 1. The van der Waals surface area contributed by atoms with Gasteiger partial charge in [-0.2, -0.15) is 0 Å². The molecule has 0 bridgehead atoms. The van der Waals surface area contributed by atoms with Crippen LogP contribution < -0.4 is 5.32 Å². The summed E-state index contributed by atoms with van der Waals surface area (Å²) in [5.41, 5.74) is 1.48. The van der Waals surface area contributed by atoms with Gasteiger partial charge in [-0.3, -0.25) is 5.32 Å². The van der Waals surface area contributed by atoms with Crippen LogP contribution in [0, 0.1) is 6.92 Å². The van der Waals surface area contributed by atoms with Gasteiger partial charge in [-0.25, -0.2) is 27.2 Å². The number of nitrogens with one attached hydrogen (secondary N) is 1. The first-order valence-corrected chi connectivity index (χ1v) is 8.96. The minimum absolute atomic E-state index is 0.158. The summed E-state index contributed by atoms with van der Waals surface area (Å²) in [5.74, 6) is 0.177. The van der Waals surface area contributed by atoms with Gasteiger partial charge in [0.2, 0.25) is 0 Å². The van der Waals surface area contributed by atoms with E-state index in [1.165, 1.54) is 18.5 Å². The van der Waals surface area contributed by atoms with Crippen LogP contribution in [0.5, 0.6) is 0 Å². The SMILES string of the molecule is CCOC(=O)Nc1cnc2c(ccn2S(=O)(=O)c2ccc(C)cc2)n1. The number of aromatic nitrogens is 3. The van der Waals surface area contributed by atoms with E-state index in [0.717, 1.165) is 9.54 Å². The molecule has 8 nitrogen and oxygen atoms in total. The Bertz CT molecular complexity index is 1030. The predicted molar refractivity (Wildman–Crippen MR) is 91.9 cm³/mol. The first kappa shape index (κ1) is 16.9. The topological polar surface area (TPSA) is 103 Å². The molecule has 9 heteroatoms. The number of hydrogen-bond donors (Lipinski definition) is 1. The summed E-state index contributed by atoms with van der Waals surface area (Å²) in [5, 5.41) is 2.43. The molecule has 1 amide bonds. The molecule has 0 aliphatic rings. The molecule has 25 heavy (non-hydrogen) atoms. The Balaban J connectivity index is 1.98. The summed E-state index contributed by atoms with van der Waals surface area (Å²) < 4.78 is 31.4. The summed E-state index contributed by atoms with van der Waals surface area (Å²) in [4.78, 5) is 19.9. The van der Waals surface area contributed by atoms with Crippen LogP contribution in [-0.2, 0) is 14.8 Å². The molecule has 0 radical (unpaired) electrons. The third-order valence-electron chi connectivity index (χ3n) is 3.44. The fourth-order valence-electron chi connectivity index (χ4n) is 2.24. The molecular formula is C16H16N4O4S. The van der Waals surface area contributed by atoms with Crippen LogP contribution in [0.3, 0.4) is 0 Å². The van der Waals surface area contributed by atoms with Crippen molar-refractivity contribution in [3.8, 4) is 0 Å². The van der Waals surface area contributed by atoms with E-state index >= 15 is 0 Å². The quantitative estimate of drug-likeness (QED) is 0.767. The van der Waals surface area contributed by atoms with Gasteiger partial charge in [0.1, 0.15) is 5.52 Å². The van der Waals surface area contributed by atoms with Crippen molar-refractivity contribution >= 4 is 33.1 Å². The van der Waals surface area contributed by atoms with E-state index in [1.54, 1.807) is 31.2 Å². The van der Waals surface area contributed by atoms with Crippen molar-refractivity contribution in [2.45, 2.75) is 18.7 Å². The van der Waals surface area contributed by atoms with E-state index < -0.39 is 16.1 Å². The van der Waals surface area contributed by atoms with Gasteiger partial charge in [-0.05, 0) is 32.0 Å². The zero-order valence-electron chi connectivity index (χ0n) is 13.6. The molecule has 0 atom stereocenters. The second-order valence-corrected chi connectivity index (χ2v) is 7.05. The van der Waals surface area contributed by atoms with Crippen molar-refractivity contribution in [3.05, 3.63) is 48.3 Å². The summed E-state index contributed by atoms with van der Waals surface area (Å²) in [6.45, 7) is 3.79. The van der Waals surface area contributed by atoms with E-state index in [4.69, 9.17) is 4.74 Å². The molecule has 2 heterocycles. The van der Waals surface area contributed by atoms with Crippen molar-refractivity contribution in [2.75, 3.05) is 11.9 Å². The zero-order chi connectivity index (χ0) is 18.0. The maximum atomic E-state index is 12.8. The van der Waals surface area contributed by atoms with Crippen molar-refractivity contribution in [2.24, 2.45) is 0 Å². The van der Waals surface area contributed by atoms with Gasteiger partial charge < -0.3 is 4.74 Å². The Kier molecular flexibility index (Phi) is 4.41. The van der Waals surface area contributed by atoms with Crippen LogP contribution in [0.2, 0.25) is 0 Å². The minimum Gasteiger partial charge on any atom is -0.450 e. The highest BCUT2D eigenvalue weighted by Crippen LogP contribution is 2.21. The smallest absolute Gasteiger partial charge is 0.412 e. The number of ether oxygens (including phenoxy) is 1. The Labute approximate surface area is 144 Å². The zero-order valence-corrected chi connectivity index (χ0v) is 14.4. The molecule has 0 aliphatic carbocycles. The normalized spacial score (nSPS) is 11.4. The molecule has 0 unspecified atom stereocenters. The molecule has 1 N–H and O–H groups in total. The first-order chi connectivity index (χ1) is 11.9. The first-order valence-electron chi connectivity index (χ1n) is 7.52. The minimum atomic E-state index is -3.78. The summed E-state index contributed by atoms with van der Waals surface area (Å²) in [6.07, 6.45) is 2.01. The molecule has 0 spiro atoms. The number of carbonyl (C=O) groups is 1. The highest BCUT2D eigenvalue weighted by atomic mass is 32.2. The van der Waals surface area contributed by atoms with E-state index in [-0.39, 0.29) is 23.0 Å². The van der Waals surface area contributed by atoms with Crippen LogP contribution in [0.4, 0.5) is 10.6 Å². The number of nitrogens with zero attached hydrogens (tertiary/aromatic N) is 3. The second kappa shape index (κ2) is 6.52. The number of rotatable bonds is 4. The van der Waals surface area contributed by atoms with Crippen LogP contribution in [0.1, 0.15) is 12.5 Å². The van der Waals surface area contributed by atoms with Gasteiger partial charge in [0, 0.05) is 6.20 Å². The predicted octanol–water partition coefficient (Wildman–Crippen LogP) is 2.55. The second-order valence-electron chi connectivity index (χ2n) is 5.24. The average molecular weight is 360 g/mol. The fourth-order valence-corrected chi connectivity index (χ4v) is 3.53. The molecule has 3 rings (SSSR count). The lowest BCUT2D eigenvalue weighted by Crippen LogP contribution is -2.15. The Hall–Kier alpha value is -2.94. The van der Waals surface area contributed by atoms with Crippen molar-refractivity contribution in [3.63, 3.8) is 0 Å². The Morgan fingerprint density at radius 1 is 1.24 bits per heavy atom. The van der Waals surface area contributed by atoms with Crippen LogP contribution in [0.25, 0.3) is 11.2 Å². The standard InChI is InChI=1S/C16H16N4O4S/c1-3-24-16(21)19-14-10-17-15-13(18-14)8-9-20(15)25(22,23)12-6-4-11(2)5-7-12/h4-10H,3H2,1-2H3,(H,18,19,21). The summed E-state index contributed by atoms with van der Waals surface area (Å²) >= 11 is 0. The van der Waals surface area contributed by atoms with Gasteiger partial charge in [-0.15, -0.1) is 0 Å². The van der Waals surface area contributed by atoms with Gasteiger partial charge in [-0.1, -0.05) is 17.7 Å². The van der Waals surface area contributed by atoms with E-state index in [1.807, 2.05) is 6.92 Å². The number of benzene rings is 1. The Morgan fingerprint density at radius 2 is 1.96 bits per heavy atom. The molecule has 0 aliphatic heterocycles. The van der Waals surface area contributed by atoms with Crippen molar-refractivity contribution < 1.29 is 17.9 Å². The molecular weight excluding hydrogens is 344 g/mol. The van der Waals surface area contributed by atoms with Gasteiger partial charge >= 0.3 is 6.09 Å². The summed E-state index contributed by atoms with van der Waals surface area (Å²) in [7, 11) is -3.78. The third kappa shape index (κ3) is 3.31. The number of hydrogen-bond acceptors (Lipinski definition) is 6. The lowest BCUT2D eigenvalue weighted by Gasteiger charge is -2.08. The molecule has 130 valence electrons. The highest BCUT2D eigenvalue weighted by Gasteiger charge is 2.20. The molecule has 0 saturated heterocycles. The average Bonchev–Trinajstić information content (AvgIpc) is 2.99. The van der Waals surface area contributed by atoms with Gasteiger partial charge in [0.05, 0.1) is 17.7 Å². The van der Waals surface area contributed by atoms with Gasteiger partial charge in [0.15, 0.2) is 11.5 Å². The molecule has 1 aromatic carbocycles. The maximum Gasteiger partial charge on any atom is 0.412 e. The van der Waals surface area contributed by atoms with Crippen LogP contribution >= 0.6 is 0 Å². The van der Waals surface area contributed by atoms with E-state index in [0.29, 0.717) is 5.52 Å². The largest absolute Gasteiger partial charge is 0.450 e. The number of aryl methyl sites for hydroxylation is 1. The highest BCUT2D eigenvalue weighted by molar-refractivity contribution is 7.90. The monoisotopic (exact) mass is 360 g/mol. The van der Waals surface area contributed by atoms with Crippen LogP contribution in [-0.4, -0.2) is 35.1 Å². The van der Waals surface area contributed by atoms with E-state index in [2.05, 4.69) is 15.3 Å². The van der Waals surface area contributed by atoms with Crippen molar-refractivity contribution in [1.82, 2.24) is 13.9 Å². The van der Waals surface area contributed by atoms with Crippen LogP contribution in [0.15, 0.2) is 47.6 Å². The van der Waals surface area contributed by atoms with Crippen molar-refractivity contribution in [1.29, 1.82) is 0 Å². The molecule has 2 aromatic heterocycles. The lowest BCUT2D eigenvalue weighted by molar-refractivity contribution is 0.168. The number of anilines is 1. The number of fused-ring (bicyclic) bond motifs is 1. The summed E-state index contributed by atoms with van der Waals surface area (Å²) in [6, 6.07) is 8.06. The Morgan fingerprint density at radius 3 is 2.64 bits per heavy atom. The molecule has 0 saturated carbocycles. The third-order valence-corrected chi connectivity index (χ3v) is 5.12. The lowest BCUT2D eigenvalue weighted by atomic mass is 10.2. The maximum absolute atomic E-state index is 12.8. The number of carbonyl (C=O) groups excluding carboxylic acids is 1. The van der Waals surface area contributed by atoms with Gasteiger partial charge in [0.25, 0.3) is 10.0 Å². The molecule has 0 fully saturated rings. The van der Waals surface area contributed by atoms with E-state index in [9.17, 15) is 13.2 Å².